The molecule has 0 aromatic heterocycles. The van der Waals surface area contributed by atoms with Crippen molar-refractivity contribution in [3.8, 4) is 11.5 Å². The number of rotatable bonds is 5. The van der Waals surface area contributed by atoms with Crippen LogP contribution in [0.3, 0.4) is 0 Å². The topological polar surface area (TPSA) is 93.7 Å². The van der Waals surface area contributed by atoms with Gasteiger partial charge < -0.3 is 20.1 Å². The van der Waals surface area contributed by atoms with Gasteiger partial charge in [-0.1, -0.05) is 0 Å². The number of hydrogen-bond acceptors (Lipinski definition) is 5. The molecule has 0 unspecified atom stereocenters. The van der Waals surface area contributed by atoms with Crippen LogP contribution in [0, 0.1) is 0 Å². The van der Waals surface area contributed by atoms with Crippen LogP contribution in [0.4, 0.5) is 4.79 Å². The van der Waals surface area contributed by atoms with Gasteiger partial charge in [0.05, 0.1) is 31.8 Å². The smallest absolute Gasteiger partial charge is 0.315 e. The Labute approximate surface area is 136 Å². The van der Waals surface area contributed by atoms with E-state index in [1.165, 1.54) is 0 Å². The highest BCUT2D eigenvalue weighted by molar-refractivity contribution is 7.91. The van der Waals surface area contributed by atoms with Crippen molar-refractivity contribution in [2.75, 3.05) is 25.7 Å². The number of carbonyl (C=O) groups is 1. The summed E-state index contributed by atoms with van der Waals surface area (Å²) in [6.45, 7) is 1.83. The van der Waals surface area contributed by atoms with Crippen molar-refractivity contribution in [1.29, 1.82) is 0 Å². The molecular formula is C15H22N2O5S. The minimum Gasteiger partial charge on any atom is -0.497 e. The first-order chi connectivity index (χ1) is 10.8. The number of carbonyl (C=O) groups excluding carboxylic acids is 1. The molecule has 1 saturated heterocycles. The fourth-order valence-corrected chi connectivity index (χ4v) is 4.26. The number of hydrogen-bond donors (Lipinski definition) is 2. The number of urea groups is 1. The van der Waals surface area contributed by atoms with Crippen LogP contribution < -0.4 is 20.1 Å². The predicted molar refractivity (Wildman–Crippen MR) is 86.7 cm³/mol. The second-order valence-corrected chi connectivity index (χ2v) is 7.78. The van der Waals surface area contributed by atoms with Gasteiger partial charge in [-0.2, -0.15) is 0 Å². The average molecular weight is 342 g/mol. The molecule has 2 rings (SSSR count). The fourth-order valence-electron chi connectivity index (χ4n) is 2.59. The molecule has 2 N–H and O–H groups in total. The Morgan fingerprint density at radius 3 is 2.61 bits per heavy atom. The highest BCUT2D eigenvalue weighted by Crippen LogP contribution is 2.29. The molecule has 1 heterocycles. The molecule has 0 radical (unpaired) electrons. The minimum atomic E-state index is -3.02. The van der Waals surface area contributed by atoms with Gasteiger partial charge in [0.1, 0.15) is 11.5 Å². The molecule has 1 aromatic carbocycles. The number of nitrogens with one attached hydrogen (secondary N) is 2. The van der Waals surface area contributed by atoms with E-state index in [1.54, 1.807) is 26.4 Å². The fraction of sp³-hybridized carbons (Fsp3) is 0.533. The van der Waals surface area contributed by atoms with Crippen LogP contribution in [0.1, 0.15) is 24.9 Å². The first-order valence-corrected chi connectivity index (χ1v) is 9.16. The van der Waals surface area contributed by atoms with Crippen molar-refractivity contribution in [3.05, 3.63) is 23.8 Å². The highest BCUT2D eigenvalue weighted by atomic mass is 32.2. The third-order valence-electron chi connectivity index (χ3n) is 3.82. The summed E-state index contributed by atoms with van der Waals surface area (Å²) in [5.41, 5.74) is 0.808. The normalized spacial score (nSPS) is 20.6. The molecule has 23 heavy (non-hydrogen) atoms. The first kappa shape index (κ1) is 17.4. The lowest BCUT2D eigenvalue weighted by Gasteiger charge is -2.19. The van der Waals surface area contributed by atoms with E-state index in [9.17, 15) is 13.2 Å². The van der Waals surface area contributed by atoms with Gasteiger partial charge in [-0.3, -0.25) is 0 Å². The zero-order valence-electron chi connectivity index (χ0n) is 13.5. The van der Waals surface area contributed by atoms with Crippen molar-refractivity contribution in [2.24, 2.45) is 0 Å². The summed E-state index contributed by atoms with van der Waals surface area (Å²) in [5, 5.41) is 5.50. The lowest BCUT2D eigenvalue weighted by molar-refractivity contribution is 0.234. The van der Waals surface area contributed by atoms with Crippen LogP contribution in [0.25, 0.3) is 0 Å². The number of ether oxygens (including phenoxy) is 2. The van der Waals surface area contributed by atoms with Gasteiger partial charge in [-0.15, -0.1) is 0 Å². The van der Waals surface area contributed by atoms with E-state index in [0.29, 0.717) is 17.9 Å². The summed E-state index contributed by atoms with van der Waals surface area (Å²) in [6, 6.07) is 4.34. The summed E-state index contributed by atoms with van der Waals surface area (Å²) < 4.78 is 33.3. The second-order valence-electron chi connectivity index (χ2n) is 5.55. The third-order valence-corrected chi connectivity index (χ3v) is 5.59. The standard InChI is InChI=1S/C15H22N2O5S/c1-10(13-5-4-12(21-2)8-14(13)22-3)16-15(18)17-11-6-7-23(19,20)9-11/h4-5,8,10-11H,6-7,9H2,1-3H3,(H2,16,17,18)/t10-,11-/m1/s1. The van der Waals surface area contributed by atoms with E-state index in [2.05, 4.69) is 10.6 Å². The summed E-state index contributed by atoms with van der Waals surface area (Å²) in [4.78, 5) is 12.0. The van der Waals surface area contributed by atoms with Crippen molar-refractivity contribution in [3.63, 3.8) is 0 Å². The Morgan fingerprint density at radius 2 is 2.04 bits per heavy atom. The molecule has 0 saturated carbocycles. The molecule has 8 heteroatoms. The maximum absolute atomic E-state index is 12.0. The number of sulfone groups is 1. The molecule has 1 fully saturated rings. The highest BCUT2D eigenvalue weighted by Gasteiger charge is 2.29. The Hall–Kier alpha value is -1.96. The number of amides is 2. The van der Waals surface area contributed by atoms with Crippen molar-refractivity contribution >= 4 is 15.9 Å². The van der Waals surface area contributed by atoms with E-state index in [-0.39, 0.29) is 23.6 Å². The first-order valence-electron chi connectivity index (χ1n) is 7.34. The van der Waals surface area contributed by atoms with Crippen molar-refractivity contribution < 1.29 is 22.7 Å². The SMILES string of the molecule is COc1ccc([C@@H](C)NC(=O)N[C@@H]2CCS(=O)(=O)C2)c(OC)c1. The van der Waals surface area contributed by atoms with Gasteiger partial charge in [0.15, 0.2) is 9.84 Å². The van der Waals surface area contributed by atoms with Gasteiger partial charge in [0, 0.05) is 17.7 Å². The quantitative estimate of drug-likeness (QED) is 0.840. The van der Waals surface area contributed by atoms with Gasteiger partial charge in [-0.05, 0) is 25.5 Å². The number of benzene rings is 1. The molecule has 7 nitrogen and oxygen atoms in total. The molecule has 2 amide bonds. The Kier molecular flexibility index (Phi) is 5.35. The molecule has 1 aliphatic heterocycles. The lowest BCUT2D eigenvalue weighted by Crippen LogP contribution is -2.43. The van der Waals surface area contributed by atoms with Gasteiger partial charge in [0.2, 0.25) is 0 Å². The molecule has 2 atom stereocenters. The van der Waals surface area contributed by atoms with Gasteiger partial charge in [-0.25, -0.2) is 13.2 Å². The summed E-state index contributed by atoms with van der Waals surface area (Å²) in [5.74, 6) is 1.40. The van der Waals surface area contributed by atoms with Crippen LogP contribution in [0.5, 0.6) is 11.5 Å². The summed E-state index contributed by atoms with van der Waals surface area (Å²) in [6.07, 6.45) is 0.454. The Balaban J connectivity index is 1.98. The van der Waals surface area contributed by atoms with Crippen LogP contribution in [0.2, 0.25) is 0 Å². The van der Waals surface area contributed by atoms with E-state index >= 15 is 0 Å². The van der Waals surface area contributed by atoms with E-state index in [0.717, 1.165) is 5.56 Å². The lowest BCUT2D eigenvalue weighted by atomic mass is 10.1. The third kappa shape index (κ3) is 4.51. The van der Waals surface area contributed by atoms with Crippen molar-refractivity contribution in [1.82, 2.24) is 10.6 Å². The molecule has 0 spiro atoms. The zero-order chi connectivity index (χ0) is 17.0. The van der Waals surface area contributed by atoms with E-state index in [1.807, 2.05) is 13.0 Å². The molecular weight excluding hydrogens is 320 g/mol. The Morgan fingerprint density at radius 1 is 1.30 bits per heavy atom. The van der Waals surface area contributed by atoms with Gasteiger partial charge >= 0.3 is 6.03 Å². The Bertz CT molecular complexity index is 674. The average Bonchev–Trinajstić information content (AvgIpc) is 2.84. The van der Waals surface area contributed by atoms with Gasteiger partial charge in [0.25, 0.3) is 0 Å². The number of methoxy groups -OCH3 is 2. The largest absolute Gasteiger partial charge is 0.497 e. The van der Waals surface area contributed by atoms with Crippen LogP contribution in [0.15, 0.2) is 18.2 Å². The van der Waals surface area contributed by atoms with E-state index in [4.69, 9.17) is 9.47 Å². The monoisotopic (exact) mass is 342 g/mol. The maximum Gasteiger partial charge on any atom is 0.315 e. The summed E-state index contributed by atoms with van der Waals surface area (Å²) >= 11 is 0. The molecule has 0 aliphatic carbocycles. The van der Waals surface area contributed by atoms with Crippen molar-refractivity contribution in [2.45, 2.75) is 25.4 Å². The van der Waals surface area contributed by atoms with Crippen LogP contribution >= 0.6 is 0 Å². The van der Waals surface area contributed by atoms with E-state index < -0.39 is 15.9 Å². The van der Waals surface area contributed by atoms with Crippen LogP contribution in [-0.2, 0) is 9.84 Å². The second kappa shape index (κ2) is 7.08. The molecule has 1 aliphatic rings. The molecule has 128 valence electrons. The molecule has 1 aromatic rings. The zero-order valence-corrected chi connectivity index (χ0v) is 14.3. The summed E-state index contributed by atoms with van der Waals surface area (Å²) in [7, 11) is 0.102. The predicted octanol–water partition coefficient (Wildman–Crippen LogP) is 1.25. The molecule has 0 bridgehead atoms. The van der Waals surface area contributed by atoms with Crippen LogP contribution in [-0.4, -0.2) is 46.2 Å². The maximum atomic E-state index is 12.0. The minimum absolute atomic E-state index is 0.000653.